The van der Waals surface area contributed by atoms with E-state index in [9.17, 15) is 0 Å². The number of hydrogen-bond donors (Lipinski definition) is 1. The fraction of sp³-hybridized carbons (Fsp3) is 0.800. The molecule has 0 bridgehead atoms. The maximum Gasteiger partial charge on any atom is 0.0431 e. The Morgan fingerprint density at radius 2 is 1.75 bits per heavy atom. The molecule has 0 spiro atoms. The SMILES string of the molecule is CCC(=CCCCCO)CC.[Ac]. The fourth-order valence-corrected chi connectivity index (χ4v) is 1.10. The van der Waals surface area contributed by atoms with Crippen LogP contribution >= 0.6 is 0 Å². The summed E-state index contributed by atoms with van der Waals surface area (Å²) in [5, 5.41) is 8.53. The Morgan fingerprint density at radius 3 is 2.17 bits per heavy atom. The van der Waals surface area contributed by atoms with Gasteiger partial charge >= 0.3 is 0 Å². The molecule has 0 aliphatic heterocycles. The van der Waals surface area contributed by atoms with Gasteiger partial charge in [0.05, 0.1) is 0 Å². The van der Waals surface area contributed by atoms with Crippen molar-refractivity contribution in [2.75, 3.05) is 6.61 Å². The van der Waals surface area contributed by atoms with Gasteiger partial charge in [-0.1, -0.05) is 25.5 Å². The van der Waals surface area contributed by atoms with E-state index in [1.807, 2.05) is 0 Å². The third-order valence-electron chi connectivity index (χ3n) is 1.95. The quantitative estimate of drug-likeness (QED) is 0.553. The van der Waals surface area contributed by atoms with Gasteiger partial charge < -0.3 is 5.11 Å². The van der Waals surface area contributed by atoms with E-state index in [0.717, 1.165) is 19.3 Å². The molecule has 0 fully saturated rings. The molecule has 2 heteroatoms. The van der Waals surface area contributed by atoms with Crippen LogP contribution in [-0.2, 0) is 0 Å². The fourth-order valence-electron chi connectivity index (χ4n) is 1.10. The molecule has 0 aromatic carbocycles. The number of allylic oxidation sites excluding steroid dienone is 2. The number of hydrogen-bond acceptors (Lipinski definition) is 1. The van der Waals surface area contributed by atoms with Crippen molar-refractivity contribution in [3.63, 3.8) is 0 Å². The molecule has 0 atom stereocenters. The third kappa shape index (κ3) is 9.23. The van der Waals surface area contributed by atoms with Crippen molar-refractivity contribution in [3.05, 3.63) is 11.6 Å². The summed E-state index contributed by atoms with van der Waals surface area (Å²) >= 11 is 0. The third-order valence-corrected chi connectivity index (χ3v) is 1.95. The number of aliphatic hydroxyl groups excluding tert-OH is 1. The van der Waals surface area contributed by atoms with E-state index in [0.29, 0.717) is 6.61 Å². The van der Waals surface area contributed by atoms with Crippen LogP contribution < -0.4 is 0 Å². The predicted molar refractivity (Wildman–Crippen MR) is 49.6 cm³/mol. The minimum atomic E-state index is 0. The van der Waals surface area contributed by atoms with Gasteiger partial charge in [0.25, 0.3) is 0 Å². The van der Waals surface area contributed by atoms with Crippen molar-refractivity contribution >= 4 is 0 Å². The summed E-state index contributed by atoms with van der Waals surface area (Å²) in [7, 11) is 0. The number of aliphatic hydroxyl groups is 1. The number of rotatable bonds is 6. The predicted octanol–water partition coefficient (Wildman–Crippen LogP) is 2.90. The van der Waals surface area contributed by atoms with E-state index < -0.39 is 0 Å². The summed E-state index contributed by atoms with van der Waals surface area (Å²) in [6.07, 6.45) is 7.87. The summed E-state index contributed by atoms with van der Waals surface area (Å²) in [4.78, 5) is 0. The number of unbranched alkanes of at least 4 members (excludes halogenated alkanes) is 2. The van der Waals surface area contributed by atoms with E-state index in [1.165, 1.54) is 12.8 Å². The van der Waals surface area contributed by atoms with Crippen molar-refractivity contribution in [1.29, 1.82) is 0 Å². The molecular weight excluding hydrogens is 363 g/mol. The first kappa shape index (κ1) is 15.6. The van der Waals surface area contributed by atoms with Gasteiger partial charge in [0, 0.05) is 50.7 Å². The molecule has 0 unspecified atom stereocenters. The molecule has 0 heterocycles. The molecule has 0 aromatic rings. The van der Waals surface area contributed by atoms with Gasteiger partial charge in [-0.25, -0.2) is 0 Å². The van der Waals surface area contributed by atoms with Crippen molar-refractivity contribution < 1.29 is 49.2 Å². The van der Waals surface area contributed by atoms with Crippen molar-refractivity contribution in [2.45, 2.75) is 46.0 Å². The normalized spacial score (nSPS) is 8.92. The van der Waals surface area contributed by atoms with E-state index in [1.54, 1.807) is 5.57 Å². The van der Waals surface area contributed by atoms with Crippen LogP contribution in [0, 0.1) is 44.1 Å². The topological polar surface area (TPSA) is 20.2 Å². The minimum Gasteiger partial charge on any atom is -0.396 e. The monoisotopic (exact) mass is 383 g/mol. The van der Waals surface area contributed by atoms with Gasteiger partial charge in [-0.05, 0) is 32.1 Å². The Hall–Kier alpha value is 1.14. The Kier molecular flexibility index (Phi) is 15.8. The van der Waals surface area contributed by atoms with E-state index in [4.69, 9.17) is 5.11 Å². The van der Waals surface area contributed by atoms with Crippen LogP contribution in [0.15, 0.2) is 11.6 Å². The molecule has 0 saturated carbocycles. The Labute approximate surface area is 112 Å². The standard InChI is InChI=1S/C10H20O.Ac/c1-3-10(4-2)8-6-5-7-9-11;/h8,11H,3-7,9H2,1-2H3;. The molecule has 0 rings (SSSR count). The Bertz CT molecular complexity index is 104. The largest absolute Gasteiger partial charge is 0.396 e. The molecule has 1 radical (unpaired) electrons. The van der Waals surface area contributed by atoms with Crippen LogP contribution in [0.5, 0.6) is 0 Å². The van der Waals surface area contributed by atoms with Gasteiger partial charge in [0.1, 0.15) is 0 Å². The zero-order valence-electron chi connectivity index (χ0n) is 8.34. The average molecular weight is 383 g/mol. The van der Waals surface area contributed by atoms with Gasteiger partial charge in [-0.15, -0.1) is 0 Å². The minimum absolute atomic E-state index is 0. The molecular formula is C10H20AcO. The van der Waals surface area contributed by atoms with Gasteiger partial charge in [-0.3, -0.25) is 0 Å². The summed E-state index contributed by atoms with van der Waals surface area (Å²) in [5.41, 5.74) is 1.54. The molecule has 0 amide bonds. The van der Waals surface area contributed by atoms with Crippen LogP contribution in [0.2, 0.25) is 0 Å². The first-order valence-electron chi connectivity index (χ1n) is 4.63. The van der Waals surface area contributed by atoms with Crippen LogP contribution in [0.4, 0.5) is 0 Å². The summed E-state index contributed by atoms with van der Waals surface area (Å²) in [6, 6.07) is 0. The van der Waals surface area contributed by atoms with E-state index >= 15 is 0 Å². The molecule has 1 nitrogen and oxygen atoms in total. The maximum absolute atomic E-state index is 8.53. The first-order chi connectivity index (χ1) is 5.35. The average Bonchev–Trinajstić information content (AvgIpc) is 2.05. The zero-order valence-corrected chi connectivity index (χ0v) is 13.1. The molecule has 12 heavy (non-hydrogen) atoms. The van der Waals surface area contributed by atoms with Crippen LogP contribution in [0.25, 0.3) is 0 Å². The second-order valence-corrected chi connectivity index (χ2v) is 2.79. The zero-order chi connectivity index (χ0) is 8.53. The first-order valence-corrected chi connectivity index (χ1v) is 4.63. The van der Waals surface area contributed by atoms with E-state index in [-0.39, 0.29) is 44.1 Å². The van der Waals surface area contributed by atoms with Crippen LogP contribution in [0.1, 0.15) is 46.0 Å². The summed E-state index contributed by atoms with van der Waals surface area (Å²) in [5.74, 6) is 0. The van der Waals surface area contributed by atoms with Gasteiger partial charge in [0.2, 0.25) is 0 Å². The van der Waals surface area contributed by atoms with Crippen molar-refractivity contribution in [3.8, 4) is 0 Å². The van der Waals surface area contributed by atoms with Gasteiger partial charge in [0.15, 0.2) is 0 Å². The van der Waals surface area contributed by atoms with Crippen molar-refractivity contribution in [1.82, 2.24) is 0 Å². The smallest absolute Gasteiger partial charge is 0.0431 e. The van der Waals surface area contributed by atoms with E-state index in [2.05, 4.69) is 19.9 Å². The van der Waals surface area contributed by atoms with Crippen LogP contribution in [0.3, 0.4) is 0 Å². The molecule has 0 aromatic heterocycles. The molecule has 1 N–H and O–H groups in total. The second-order valence-electron chi connectivity index (χ2n) is 2.79. The van der Waals surface area contributed by atoms with Crippen LogP contribution in [-0.4, -0.2) is 11.7 Å². The Balaban J connectivity index is 0. The van der Waals surface area contributed by atoms with Crippen molar-refractivity contribution in [2.24, 2.45) is 0 Å². The summed E-state index contributed by atoms with van der Waals surface area (Å²) < 4.78 is 0. The summed E-state index contributed by atoms with van der Waals surface area (Å²) in [6.45, 7) is 4.73. The molecule has 0 aliphatic carbocycles. The van der Waals surface area contributed by atoms with Gasteiger partial charge in [-0.2, -0.15) is 0 Å². The Morgan fingerprint density at radius 1 is 1.17 bits per heavy atom. The molecule has 0 saturated heterocycles. The second kappa shape index (κ2) is 12.1. The maximum atomic E-state index is 8.53. The molecule has 0 aliphatic rings. The molecule has 69 valence electrons.